The molecule has 8 rings (SSSR count). The lowest BCUT2D eigenvalue weighted by molar-refractivity contribution is -0.144. The van der Waals surface area contributed by atoms with Gasteiger partial charge < -0.3 is 39.3 Å². The van der Waals surface area contributed by atoms with Gasteiger partial charge in [-0.3, -0.25) is 28.7 Å². The minimum Gasteiger partial charge on any atom is -0.494 e. The number of oxazole rings is 1. The van der Waals surface area contributed by atoms with Crippen LogP contribution < -0.4 is 15.4 Å². The number of aliphatic imine (C=N–C) groups is 1. The molecular formula is C57H67ClN8O9S. The van der Waals surface area contributed by atoms with Crippen LogP contribution in [0, 0.1) is 33.1 Å². The van der Waals surface area contributed by atoms with Gasteiger partial charge in [0.1, 0.15) is 35.3 Å². The molecule has 6 aromatic rings. The third-order valence-electron chi connectivity index (χ3n) is 13.8. The van der Waals surface area contributed by atoms with E-state index < -0.39 is 41.5 Å². The first-order chi connectivity index (χ1) is 36.4. The lowest BCUT2D eigenvalue weighted by Crippen LogP contribution is -2.57. The number of aliphatic hydroxyl groups excluding tert-OH is 1. The molecule has 3 N–H and O–H groups in total. The molecule has 0 spiro atoms. The number of halogens is 1. The van der Waals surface area contributed by atoms with Crippen LogP contribution in [0.4, 0.5) is 0 Å². The first-order valence-electron chi connectivity index (χ1n) is 25.7. The molecule has 76 heavy (non-hydrogen) atoms. The summed E-state index contributed by atoms with van der Waals surface area (Å²) in [4.78, 5) is 66.3. The van der Waals surface area contributed by atoms with E-state index in [0.717, 1.165) is 55.6 Å². The molecule has 3 aromatic heterocycles. The van der Waals surface area contributed by atoms with Gasteiger partial charge >= 0.3 is 0 Å². The van der Waals surface area contributed by atoms with Gasteiger partial charge in [0.25, 0.3) is 0 Å². The Balaban J connectivity index is 0.734. The van der Waals surface area contributed by atoms with Crippen LogP contribution in [0.2, 0.25) is 5.02 Å². The number of likely N-dealkylation sites (tertiary alicyclic amines) is 1. The number of rotatable bonds is 22. The number of ether oxygens (including phenoxy) is 3. The molecule has 2 aliphatic heterocycles. The van der Waals surface area contributed by atoms with E-state index in [2.05, 4.69) is 39.7 Å². The summed E-state index contributed by atoms with van der Waals surface area (Å²) in [5.41, 5.74) is 6.67. The molecule has 1 unspecified atom stereocenters. The largest absolute Gasteiger partial charge is 0.494 e. The number of ketones is 1. The average molecular weight is 1080 g/mol. The molecule has 19 heteroatoms. The SMILES string of the molecule is Cc1ncoc1-c1ccc(CCC(=O)[C@@H]2C[C@@H](O)CN2C(=O)C(NC(=O)COCCOCCCOc2ccc([C@@H](C)NC(=O)C[C@@H]3N=C(c4ccc(Cl)cc4)c4c(sc(C)c4C)-n4c(C)nnc43)cc2)C(C)(C)C)cc1. The summed E-state index contributed by atoms with van der Waals surface area (Å²) in [5.74, 6) is 1.50. The van der Waals surface area contributed by atoms with E-state index in [1.807, 2.05) is 119 Å². The Morgan fingerprint density at radius 1 is 0.882 bits per heavy atom. The summed E-state index contributed by atoms with van der Waals surface area (Å²) < 4.78 is 24.8. The van der Waals surface area contributed by atoms with E-state index in [1.54, 1.807) is 11.3 Å². The number of aromatic nitrogens is 4. The number of nitrogens with zero attached hydrogens (tertiary/aromatic N) is 6. The van der Waals surface area contributed by atoms with Gasteiger partial charge in [-0.05, 0) is 87.4 Å². The summed E-state index contributed by atoms with van der Waals surface area (Å²) in [6, 6.07) is 20.3. The molecule has 5 atom stereocenters. The van der Waals surface area contributed by atoms with Crippen molar-refractivity contribution in [2.75, 3.05) is 39.6 Å². The lowest BCUT2D eigenvalue weighted by Gasteiger charge is -2.35. The van der Waals surface area contributed by atoms with Gasteiger partial charge in [-0.25, -0.2) is 4.98 Å². The molecule has 0 saturated carbocycles. The van der Waals surface area contributed by atoms with Gasteiger partial charge in [0.2, 0.25) is 17.7 Å². The third-order valence-corrected chi connectivity index (χ3v) is 15.2. The summed E-state index contributed by atoms with van der Waals surface area (Å²) in [6.45, 7) is 16.4. The normalized spacial score (nSPS) is 17.1. The van der Waals surface area contributed by atoms with E-state index in [4.69, 9.17) is 35.2 Å². The van der Waals surface area contributed by atoms with Gasteiger partial charge in [0, 0.05) is 59.0 Å². The monoisotopic (exact) mass is 1070 g/mol. The summed E-state index contributed by atoms with van der Waals surface area (Å²) >= 11 is 7.93. The molecule has 3 amide bonds. The Kier molecular flexibility index (Phi) is 18.0. The fourth-order valence-electron chi connectivity index (χ4n) is 9.50. The fourth-order valence-corrected chi connectivity index (χ4v) is 10.8. The average Bonchev–Trinajstić information content (AvgIpc) is 4.16. The zero-order valence-electron chi connectivity index (χ0n) is 44.4. The topological polar surface area (TPSA) is 213 Å². The summed E-state index contributed by atoms with van der Waals surface area (Å²) in [7, 11) is 0. The molecule has 0 bridgehead atoms. The Morgan fingerprint density at radius 3 is 2.29 bits per heavy atom. The second kappa shape index (κ2) is 24.6. The number of fused-ring (bicyclic) bond motifs is 3. The Morgan fingerprint density at radius 2 is 1.59 bits per heavy atom. The molecule has 402 valence electrons. The predicted octanol–water partition coefficient (Wildman–Crippen LogP) is 8.53. The third kappa shape index (κ3) is 13.3. The molecule has 1 fully saturated rings. The van der Waals surface area contributed by atoms with Crippen molar-refractivity contribution in [3.63, 3.8) is 0 Å². The Hall–Kier alpha value is -6.57. The summed E-state index contributed by atoms with van der Waals surface area (Å²) in [6.07, 6.45) is 2.03. The van der Waals surface area contributed by atoms with Crippen molar-refractivity contribution in [1.29, 1.82) is 0 Å². The molecule has 1 saturated heterocycles. The molecular weight excluding hydrogens is 1010 g/mol. The van der Waals surface area contributed by atoms with Gasteiger partial charge in [-0.15, -0.1) is 21.5 Å². The Bertz CT molecular complexity index is 3030. The number of β-amino-alcohol motifs (C(OH)–C–C–N with tert-alkyl or cyclic N) is 1. The molecule has 0 radical (unpaired) electrons. The van der Waals surface area contributed by atoms with Crippen molar-refractivity contribution < 1.29 is 42.9 Å². The maximum atomic E-state index is 14.0. The maximum Gasteiger partial charge on any atom is 0.246 e. The Labute approximate surface area is 452 Å². The number of benzene rings is 3. The second-order valence-corrected chi connectivity index (χ2v) is 22.2. The number of amides is 3. The molecule has 3 aromatic carbocycles. The van der Waals surface area contributed by atoms with Crippen molar-refractivity contribution in [1.82, 2.24) is 35.3 Å². The number of hydrogen-bond donors (Lipinski definition) is 3. The van der Waals surface area contributed by atoms with Crippen LogP contribution in [0.15, 0.2) is 88.6 Å². The van der Waals surface area contributed by atoms with E-state index >= 15 is 0 Å². The van der Waals surface area contributed by atoms with Crippen molar-refractivity contribution in [3.05, 3.63) is 134 Å². The predicted molar refractivity (Wildman–Crippen MR) is 290 cm³/mol. The van der Waals surface area contributed by atoms with E-state index in [0.29, 0.717) is 48.4 Å². The van der Waals surface area contributed by atoms with Crippen molar-refractivity contribution in [2.45, 2.75) is 118 Å². The van der Waals surface area contributed by atoms with Crippen LogP contribution in [0.5, 0.6) is 5.75 Å². The fraction of sp³-hybridized carbons (Fsp3) is 0.439. The first kappa shape index (κ1) is 55.7. The maximum absolute atomic E-state index is 14.0. The highest BCUT2D eigenvalue weighted by Crippen LogP contribution is 2.40. The summed E-state index contributed by atoms with van der Waals surface area (Å²) in [5, 5.41) is 27.1. The van der Waals surface area contributed by atoms with E-state index in [1.165, 1.54) is 16.2 Å². The van der Waals surface area contributed by atoms with Gasteiger partial charge in [0.05, 0.1) is 55.8 Å². The number of aliphatic hydroxyl groups is 1. The van der Waals surface area contributed by atoms with Crippen LogP contribution in [-0.4, -0.2) is 117 Å². The van der Waals surface area contributed by atoms with Crippen LogP contribution >= 0.6 is 22.9 Å². The number of carbonyl (C=O) groups is 4. The van der Waals surface area contributed by atoms with Crippen LogP contribution in [0.25, 0.3) is 16.3 Å². The number of nitrogens with one attached hydrogen (secondary N) is 2. The minimum absolute atomic E-state index is 0.00552. The number of Topliss-reactive ketones (excluding diaryl/α,β-unsaturated/α-hetero) is 1. The first-order valence-corrected chi connectivity index (χ1v) is 26.9. The zero-order chi connectivity index (χ0) is 54.3. The van der Waals surface area contributed by atoms with Crippen molar-refractivity contribution in [3.8, 4) is 22.1 Å². The number of aryl methyl sites for hydroxylation is 4. The smallest absolute Gasteiger partial charge is 0.246 e. The number of thiophene rings is 1. The zero-order valence-corrected chi connectivity index (χ0v) is 45.9. The highest BCUT2D eigenvalue weighted by molar-refractivity contribution is 7.15. The van der Waals surface area contributed by atoms with E-state index in [-0.39, 0.29) is 63.4 Å². The molecule has 5 heterocycles. The molecule has 17 nitrogen and oxygen atoms in total. The van der Waals surface area contributed by atoms with Gasteiger partial charge in [-0.1, -0.05) is 80.9 Å². The van der Waals surface area contributed by atoms with Gasteiger partial charge in [-0.2, -0.15) is 0 Å². The highest BCUT2D eigenvalue weighted by atomic mass is 35.5. The van der Waals surface area contributed by atoms with Crippen LogP contribution in [-0.2, 0) is 35.1 Å². The van der Waals surface area contributed by atoms with Gasteiger partial charge in [0.15, 0.2) is 23.8 Å². The van der Waals surface area contributed by atoms with Crippen molar-refractivity contribution >= 4 is 52.2 Å². The number of carbonyl (C=O) groups excluding carboxylic acids is 4. The minimum atomic E-state index is -0.957. The number of hydrogen-bond acceptors (Lipinski definition) is 14. The van der Waals surface area contributed by atoms with Crippen LogP contribution in [0.1, 0.15) is 115 Å². The van der Waals surface area contributed by atoms with Crippen LogP contribution in [0.3, 0.4) is 0 Å². The van der Waals surface area contributed by atoms with Crippen molar-refractivity contribution in [2.24, 2.45) is 10.4 Å². The molecule has 0 aliphatic carbocycles. The lowest BCUT2D eigenvalue weighted by atomic mass is 9.85. The standard InChI is InChI=1S/C57H67ClN8O9S/c1-33-36(4)76-56-50(33)51(40-15-19-42(58)20-16-40)61-45(54-64-63-37(5)66(54)56)29-48(69)60-34(2)39-17-21-44(22-18-39)74-25-9-24-72-26-27-73-31-49(70)62-53(57(6,7)8)55(71)65-30-43(67)28-46(65)47(68)23-12-38-10-13-41(14-11-38)52-35(3)59-32-75-52/h10-11,13-22,32,34,43,45-46,53,67H,9,12,23-31H2,1-8H3,(H,60,69)(H,62,70)/t34-,43-,45+,46+,53?/m1/s1. The second-order valence-electron chi connectivity index (χ2n) is 20.5. The quantitative estimate of drug-likeness (QED) is 0.0546. The highest BCUT2D eigenvalue weighted by Gasteiger charge is 2.44. The van der Waals surface area contributed by atoms with E-state index in [9.17, 15) is 24.3 Å². The molecule has 2 aliphatic rings.